The molecule has 0 N–H and O–H groups in total. The largest absolute Gasteiger partial charge is 0.264 e. The lowest BCUT2D eigenvalue weighted by molar-refractivity contribution is 0.627. The van der Waals surface area contributed by atoms with Crippen molar-refractivity contribution in [3.8, 4) is 0 Å². The van der Waals surface area contributed by atoms with Crippen LogP contribution in [0.5, 0.6) is 0 Å². The van der Waals surface area contributed by atoms with Crippen LogP contribution in [0.4, 0.5) is 0 Å². The molecule has 2 heteroatoms. The topological polar surface area (TPSA) is 27.0 Å². The Bertz CT molecular complexity index is 207. The molecule has 2 heterocycles. The third-order valence-electron chi connectivity index (χ3n) is 1.83. The molecule has 0 atom stereocenters. The second-order valence-electron chi connectivity index (χ2n) is 2.50. The second-order valence-corrected chi connectivity index (χ2v) is 2.50. The molecule has 0 spiro atoms. The summed E-state index contributed by atoms with van der Waals surface area (Å²) in [4.78, 5) is 4.06. The van der Waals surface area contributed by atoms with E-state index >= 15 is 0 Å². The summed E-state index contributed by atoms with van der Waals surface area (Å²) >= 11 is 0. The van der Waals surface area contributed by atoms with Crippen molar-refractivity contribution >= 4 is 0 Å². The first-order valence-corrected chi connectivity index (χ1v) is 3.52. The fraction of sp³-hybridized carbons (Fsp3) is 0.375. The van der Waals surface area contributed by atoms with Gasteiger partial charge in [-0.05, 0) is 23.6 Å². The van der Waals surface area contributed by atoms with Crippen molar-refractivity contribution in [1.29, 1.82) is 0 Å². The van der Waals surface area contributed by atoms with Crippen molar-refractivity contribution in [3.05, 3.63) is 29.6 Å². The average molecular weight is 133 g/mol. The Balaban J connectivity index is 2.41. The van der Waals surface area contributed by atoms with Crippen molar-refractivity contribution in [2.75, 3.05) is 6.54 Å². The van der Waals surface area contributed by atoms with E-state index in [1.54, 1.807) is 0 Å². The normalized spacial score (nSPS) is 16.4. The molecule has 1 radical (unpaired) electrons. The highest BCUT2D eigenvalue weighted by molar-refractivity contribution is 5.25. The van der Waals surface area contributed by atoms with Crippen LogP contribution >= 0.6 is 0 Å². The number of hydrogen-bond donors (Lipinski definition) is 0. The Kier molecular flexibility index (Phi) is 1.40. The van der Waals surface area contributed by atoms with Gasteiger partial charge in [0.2, 0.25) is 0 Å². The van der Waals surface area contributed by atoms with E-state index < -0.39 is 0 Å². The average Bonchev–Trinajstić information content (AvgIpc) is 2.05. The molecule has 0 bridgehead atoms. The minimum absolute atomic E-state index is 0.887. The van der Waals surface area contributed by atoms with Crippen molar-refractivity contribution in [3.63, 3.8) is 0 Å². The van der Waals surface area contributed by atoms with Gasteiger partial charge in [-0.3, -0.25) is 4.98 Å². The molecule has 0 saturated carbocycles. The number of hydrogen-bond acceptors (Lipinski definition) is 1. The van der Waals surface area contributed by atoms with Gasteiger partial charge in [0.15, 0.2) is 0 Å². The van der Waals surface area contributed by atoms with Crippen LogP contribution in [0.2, 0.25) is 0 Å². The molecule has 1 aliphatic heterocycles. The van der Waals surface area contributed by atoms with Gasteiger partial charge in [-0.15, -0.1) is 0 Å². The Morgan fingerprint density at radius 1 is 1.30 bits per heavy atom. The Morgan fingerprint density at radius 2 is 2.30 bits per heavy atom. The highest BCUT2D eigenvalue weighted by Gasteiger charge is 2.06. The molecule has 10 heavy (non-hydrogen) atoms. The summed E-state index contributed by atoms with van der Waals surface area (Å²) in [5.41, 5.74) is 2.72. The van der Waals surface area contributed by atoms with Gasteiger partial charge in [-0.1, -0.05) is 0 Å². The van der Waals surface area contributed by atoms with Crippen LogP contribution < -0.4 is 5.32 Å². The molecule has 2 rings (SSSR count). The fourth-order valence-electron chi connectivity index (χ4n) is 1.23. The zero-order valence-corrected chi connectivity index (χ0v) is 5.75. The van der Waals surface area contributed by atoms with Gasteiger partial charge in [-0.2, -0.15) is 0 Å². The fourth-order valence-corrected chi connectivity index (χ4v) is 1.23. The van der Waals surface area contributed by atoms with Crippen LogP contribution in [0.15, 0.2) is 18.5 Å². The number of fused-ring (bicyclic) bond motifs is 1. The molecule has 1 aliphatic rings. The van der Waals surface area contributed by atoms with E-state index in [1.165, 1.54) is 11.1 Å². The van der Waals surface area contributed by atoms with Crippen LogP contribution in [-0.4, -0.2) is 11.5 Å². The van der Waals surface area contributed by atoms with Crippen molar-refractivity contribution in [2.45, 2.75) is 13.0 Å². The molecule has 2 nitrogen and oxygen atoms in total. The van der Waals surface area contributed by atoms with Gasteiger partial charge >= 0.3 is 0 Å². The van der Waals surface area contributed by atoms with Gasteiger partial charge in [0.1, 0.15) is 0 Å². The molecule has 1 aromatic heterocycles. The molecule has 0 unspecified atom stereocenters. The Hall–Kier alpha value is -0.890. The predicted molar refractivity (Wildman–Crippen MR) is 38.6 cm³/mol. The molecule has 0 fully saturated rings. The first-order chi connectivity index (χ1) is 4.97. The van der Waals surface area contributed by atoms with Crippen LogP contribution in [-0.2, 0) is 13.0 Å². The number of nitrogens with zero attached hydrogens (tertiary/aromatic N) is 2. The summed E-state index contributed by atoms with van der Waals surface area (Å²) in [5, 5.41) is 4.29. The quantitative estimate of drug-likeness (QED) is 0.513. The lowest BCUT2D eigenvalue weighted by Gasteiger charge is -2.13. The maximum atomic E-state index is 4.29. The van der Waals surface area contributed by atoms with Crippen molar-refractivity contribution in [1.82, 2.24) is 10.3 Å². The summed E-state index contributed by atoms with van der Waals surface area (Å²) in [5.74, 6) is 0. The monoisotopic (exact) mass is 133 g/mol. The standard InChI is InChI=1S/C8H9N2/c1-3-9-6-8-2-4-10-5-7(1)8/h1,3,6H,2,4-5H2. The molecular weight excluding hydrogens is 124 g/mol. The van der Waals surface area contributed by atoms with Crippen LogP contribution in [0, 0.1) is 0 Å². The number of pyridine rings is 1. The van der Waals surface area contributed by atoms with E-state index in [0.717, 1.165) is 19.5 Å². The first-order valence-electron chi connectivity index (χ1n) is 3.52. The zero-order valence-electron chi connectivity index (χ0n) is 5.75. The van der Waals surface area contributed by atoms with Gasteiger partial charge in [0, 0.05) is 25.5 Å². The minimum atomic E-state index is 0.887. The third-order valence-corrected chi connectivity index (χ3v) is 1.83. The van der Waals surface area contributed by atoms with Crippen LogP contribution in [0.1, 0.15) is 11.1 Å². The molecule has 1 aromatic rings. The number of aromatic nitrogens is 1. The van der Waals surface area contributed by atoms with E-state index in [2.05, 4.69) is 16.4 Å². The lowest BCUT2D eigenvalue weighted by Crippen LogP contribution is -2.17. The molecule has 0 aromatic carbocycles. The van der Waals surface area contributed by atoms with Gasteiger partial charge in [0.05, 0.1) is 0 Å². The summed E-state index contributed by atoms with van der Waals surface area (Å²) in [6.45, 7) is 1.86. The Morgan fingerprint density at radius 3 is 3.20 bits per heavy atom. The van der Waals surface area contributed by atoms with E-state index in [1.807, 2.05) is 12.4 Å². The SMILES string of the molecule is c1cc2c(cn1)CC[N]C2. The Labute approximate surface area is 60.3 Å². The number of rotatable bonds is 0. The van der Waals surface area contributed by atoms with Gasteiger partial charge in [-0.25, -0.2) is 5.32 Å². The lowest BCUT2D eigenvalue weighted by atomic mass is 10.0. The van der Waals surface area contributed by atoms with Gasteiger partial charge in [0.25, 0.3) is 0 Å². The second kappa shape index (κ2) is 2.39. The first kappa shape index (κ1) is 5.86. The van der Waals surface area contributed by atoms with Crippen molar-refractivity contribution in [2.24, 2.45) is 0 Å². The van der Waals surface area contributed by atoms with Crippen LogP contribution in [0.25, 0.3) is 0 Å². The molecule has 0 amide bonds. The minimum Gasteiger partial charge on any atom is -0.264 e. The van der Waals surface area contributed by atoms with E-state index in [-0.39, 0.29) is 0 Å². The zero-order chi connectivity index (χ0) is 6.81. The summed E-state index contributed by atoms with van der Waals surface area (Å²) in [6, 6.07) is 2.05. The van der Waals surface area contributed by atoms with E-state index in [0.29, 0.717) is 0 Å². The maximum Gasteiger partial charge on any atom is 0.0388 e. The maximum absolute atomic E-state index is 4.29. The van der Waals surface area contributed by atoms with E-state index in [4.69, 9.17) is 0 Å². The summed E-state index contributed by atoms with van der Waals surface area (Å²) < 4.78 is 0. The predicted octanol–water partition coefficient (Wildman–Crippen LogP) is 0.742. The smallest absolute Gasteiger partial charge is 0.0388 e. The molecule has 0 saturated heterocycles. The summed E-state index contributed by atoms with van der Waals surface area (Å²) in [7, 11) is 0. The highest BCUT2D eigenvalue weighted by atomic mass is 14.9. The molecular formula is C8H9N2. The van der Waals surface area contributed by atoms with Gasteiger partial charge < -0.3 is 0 Å². The summed E-state index contributed by atoms with van der Waals surface area (Å²) in [6.07, 6.45) is 4.85. The molecule has 51 valence electrons. The third kappa shape index (κ3) is 0.907. The molecule has 0 aliphatic carbocycles. The van der Waals surface area contributed by atoms with Crippen LogP contribution in [0.3, 0.4) is 0 Å². The van der Waals surface area contributed by atoms with E-state index in [9.17, 15) is 0 Å². The van der Waals surface area contributed by atoms with Crippen molar-refractivity contribution < 1.29 is 0 Å². The highest BCUT2D eigenvalue weighted by Crippen LogP contribution is 2.11.